The maximum absolute atomic E-state index is 12.7. The Morgan fingerprint density at radius 2 is 1.52 bits per heavy atom. The molecule has 25 heavy (non-hydrogen) atoms. The van der Waals surface area contributed by atoms with Crippen molar-refractivity contribution in [2.45, 2.75) is 18.8 Å². The number of rotatable bonds is 5. The van der Waals surface area contributed by atoms with E-state index in [1.807, 2.05) is 30.3 Å². The van der Waals surface area contributed by atoms with Gasteiger partial charge in [0.05, 0.1) is 34.4 Å². The minimum absolute atomic E-state index is 0.187. The highest BCUT2D eigenvalue weighted by atomic mass is 16.5. The average molecular weight is 342 g/mol. The molecule has 2 aromatic carbocycles. The second kappa shape index (κ2) is 7.05. The lowest BCUT2D eigenvalue weighted by molar-refractivity contribution is -0.120. The fraction of sp³-hybridized carbons (Fsp3) is 0.350. The van der Waals surface area contributed by atoms with Crippen LogP contribution in [-0.4, -0.2) is 34.2 Å². The van der Waals surface area contributed by atoms with Crippen molar-refractivity contribution in [3.05, 3.63) is 47.0 Å². The van der Waals surface area contributed by atoms with Crippen molar-refractivity contribution in [3.63, 3.8) is 0 Å². The molecular weight excluding hydrogens is 320 g/mol. The maximum atomic E-state index is 12.7. The van der Waals surface area contributed by atoms with Gasteiger partial charge >= 0.3 is 0 Å². The number of fused-ring (bicyclic) bond motifs is 1. The van der Waals surface area contributed by atoms with E-state index in [1.165, 1.54) is 0 Å². The van der Waals surface area contributed by atoms with E-state index >= 15 is 0 Å². The lowest BCUT2D eigenvalue weighted by Crippen LogP contribution is -2.21. The van der Waals surface area contributed by atoms with E-state index in [1.54, 1.807) is 28.4 Å². The SMILES string of the molecule is COc1ccc2c(c1)CCC(=O)C2c1cc(OC)c(OC)c(OC)c1. The summed E-state index contributed by atoms with van der Waals surface area (Å²) in [5.74, 6) is 2.26. The van der Waals surface area contributed by atoms with Crippen LogP contribution in [0.15, 0.2) is 30.3 Å². The second-order valence-electron chi connectivity index (χ2n) is 5.92. The minimum atomic E-state index is -0.344. The fourth-order valence-corrected chi connectivity index (χ4v) is 3.42. The van der Waals surface area contributed by atoms with Crippen LogP contribution in [0.1, 0.15) is 29.0 Å². The highest BCUT2D eigenvalue weighted by molar-refractivity contribution is 5.91. The highest BCUT2D eigenvalue weighted by Gasteiger charge is 2.31. The van der Waals surface area contributed by atoms with Gasteiger partial charge in [0.15, 0.2) is 11.5 Å². The molecule has 2 aromatic rings. The average Bonchev–Trinajstić information content (AvgIpc) is 2.66. The molecule has 0 aliphatic heterocycles. The molecule has 0 N–H and O–H groups in total. The Kier molecular flexibility index (Phi) is 4.83. The number of methoxy groups -OCH3 is 4. The smallest absolute Gasteiger partial charge is 0.203 e. The summed E-state index contributed by atoms with van der Waals surface area (Å²) in [6.45, 7) is 0. The third-order valence-electron chi connectivity index (χ3n) is 4.64. The molecule has 0 fully saturated rings. The molecule has 5 heteroatoms. The number of hydrogen-bond acceptors (Lipinski definition) is 5. The highest BCUT2D eigenvalue weighted by Crippen LogP contribution is 2.43. The van der Waals surface area contributed by atoms with Crippen LogP contribution >= 0.6 is 0 Å². The number of carbonyl (C=O) groups is 1. The van der Waals surface area contributed by atoms with Crippen molar-refractivity contribution >= 4 is 5.78 Å². The van der Waals surface area contributed by atoms with Crippen LogP contribution in [0.4, 0.5) is 0 Å². The van der Waals surface area contributed by atoms with E-state index in [0.29, 0.717) is 23.7 Å². The lowest BCUT2D eigenvalue weighted by Gasteiger charge is -2.26. The molecule has 1 atom stereocenters. The van der Waals surface area contributed by atoms with E-state index in [0.717, 1.165) is 28.9 Å². The Hall–Kier alpha value is -2.69. The molecule has 0 bridgehead atoms. The molecule has 0 saturated heterocycles. The number of benzene rings is 2. The van der Waals surface area contributed by atoms with Crippen molar-refractivity contribution in [1.29, 1.82) is 0 Å². The van der Waals surface area contributed by atoms with Crippen molar-refractivity contribution in [2.75, 3.05) is 28.4 Å². The van der Waals surface area contributed by atoms with Crippen LogP contribution in [0.2, 0.25) is 0 Å². The lowest BCUT2D eigenvalue weighted by atomic mass is 9.78. The third kappa shape index (κ3) is 3.02. The summed E-state index contributed by atoms with van der Waals surface area (Å²) in [5.41, 5.74) is 2.98. The summed E-state index contributed by atoms with van der Waals surface area (Å²) in [7, 11) is 6.35. The normalized spacial score (nSPS) is 16.2. The molecule has 0 saturated carbocycles. The van der Waals surface area contributed by atoms with Gasteiger partial charge in [0.1, 0.15) is 11.5 Å². The summed E-state index contributed by atoms with van der Waals surface area (Å²) < 4.78 is 21.6. The maximum Gasteiger partial charge on any atom is 0.203 e. The molecule has 132 valence electrons. The van der Waals surface area contributed by atoms with Crippen molar-refractivity contribution in [3.8, 4) is 23.0 Å². The Morgan fingerprint density at radius 1 is 0.840 bits per heavy atom. The number of Topliss-reactive ketones (excluding diaryl/α,β-unsaturated/α-hetero) is 1. The quantitative estimate of drug-likeness (QED) is 0.834. The Bertz CT molecular complexity index is 772. The predicted octanol–water partition coefficient (Wildman–Crippen LogP) is 3.37. The van der Waals surface area contributed by atoms with Crippen molar-refractivity contribution in [1.82, 2.24) is 0 Å². The summed E-state index contributed by atoms with van der Waals surface area (Å²) in [5, 5.41) is 0. The van der Waals surface area contributed by atoms with Gasteiger partial charge in [-0.05, 0) is 47.4 Å². The molecule has 0 heterocycles. The van der Waals surface area contributed by atoms with Gasteiger partial charge in [-0.3, -0.25) is 4.79 Å². The molecule has 1 aliphatic carbocycles. The van der Waals surface area contributed by atoms with Gasteiger partial charge in [-0.2, -0.15) is 0 Å². The van der Waals surface area contributed by atoms with Gasteiger partial charge in [0.2, 0.25) is 5.75 Å². The molecule has 0 aromatic heterocycles. The van der Waals surface area contributed by atoms with Crippen LogP contribution in [0.5, 0.6) is 23.0 Å². The van der Waals surface area contributed by atoms with Crippen molar-refractivity contribution in [2.24, 2.45) is 0 Å². The first-order valence-electron chi connectivity index (χ1n) is 8.12. The second-order valence-corrected chi connectivity index (χ2v) is 5.92. The Balaban J connectivity index is 2.14. The molecule has 1 aliphatic rings. The van der Waals surface area contributed by atoms with E-state index in [4.69, 9.17) is 18.9 Å². The van der Waals surface area contributed by atoms with E-state index in [2.05, 4.69) is 0 Å². The van der Waals surface area contributed by atoms with Gasteiger partial charge < -0.3 is 18.9 Å². The number of aryl methyl sites for hydroxylation is 1. The molecule has 0 radical (unpaired) electrons. The van der Waals surface area contributed by atoms with Gasteiger partial charge in [-0.1, -0.05) is 6.07 Å². The number of ketones is 1. The van der Waals surface area contributed by atoms with Gasteiger partial charge in [0, 0.05) is 6.42 Å². The molecule has 1 unspecified atom stereocenters. The Labute approximate surface area is 147 Å². The van der Waals surface area contributed by atoms with Gasteiger partial charge in [0.25, 0.3) is 0 Å². The molecule has 0 spiro atoms. The first kappa shape index (κ1) is 17.1. The zero-order valence-corrected chi connectivity index (χ0v) is 14.9. The predicted molar refractivity (Wildman–Crippen MR) is 94.3 cm³/mol. The Morgan fingerprint density at radius 3 is 2.08 bits per heavy atom. The van der Waals surface area contributed by atoms with Crippen LogP contribution < -0.4 is 18.9 Å². The number of carbonyl (C=O) groups excluding carboxylic acids is 1. The number of hydrogen-bond donors (Lipinski definition) is 0. The standard InChI is InChI=1S/C20H22O5/c1-22-14-6-7-15-12(9-14)5-8-16(21)19(15)13-10-17(23-2)20(25-4)18(11-13)24-3/h6-7,9-11,19H,5,8H2,1-4H3. The molecular formula is C20H22O5. The minimum Gasteiger partial charge on any atom is -0.497 e. The summed E-state index contributed by atoms with van der Waals surface area (Å²) in [4.78, 5) is 12.7. The van der Waals surface area contributed by atoms with E-state index in [9.17, 15) is 4.79 Å². The van der Waals surface area contributed by atoms with Gasteiger partial charge in [-0.15, -0.1) is 0 Å². The van der Waals surface area contributed by atoms with Crippen LogP contribution in [0.25, 0.3) is 0 Å². The fourth-order valence-electron chi connectivity index (χ4n) is 3.42. The molecule has 3 rings (SSSR count). The first-order valence-corrected chi connectivity index (χ1v) is 8.12. The van der Waals surface area contributed by atoms with Crippen molar-refractivity contribution < 1.29 is 23.7 Å². The summed E-state index contributed by atoms with van der Waals surface area (Å²) in [6.07, 6.45) is 1.23. The summed E-state index contributed by atoms with van der Waals surface area (Å²) in [6, 6.07) is 9.57. The largest absolute Gasteiger partial charge is 0.497 e. The zero-order chi connectivity index (χ0) is 18.0. The van der Waals surface area contributed by atoms with Crippen LogP contribution in [0, 0.1) is 0 Å². The van der Waals surface area contributed by atoms with E-state index < -0.39 is 0 Å². The van der Waals surface area contributed by atoms with Crippen LogP contribution in [-0.2, 0) is 11.2 Å². The molecule has 0 amide bonds. The van der Waals surface area contributed by atoms with E-state index in [-0.39, 0.29) is 11.7 Å². The monoisotopic (exact) mass is 342 g/mol. The van der Waals surface area contributed by atoms with Gasteiger partial charge in [-0.25, -0.2) is 0 Å². The summed E-state index contributed by atoms with van der Waals surface area (Å²) >= 11 is 0. The topological polar surface area (TPSA) is 54.0 Å². The van der Waals surface area contributed by atoms with Crippen LogP contribution in [0.3, 0.4) is 0 Å². The number of ether oxygens (including phenoxy) is 4. The first-order chi connectivity index (χ1) is 12.1. The third-order valence-corrected chi connectivity index (χ3v) is 4.64. The molecule has 5 nitrogen and oxygen atoms in total. The zero-order valence-electron chi connectivity index (χ0n) is 14.9.